The Bertz CT molecular complexity index is 932. The summed E-state index contributed by atoms with van der Waals surface area (Å²) < 4.78 is 5.45. The van der Waals surface area contributed by atoms with Crippen LogP contribution in [0.2, 0.25) is 0 Å². The number of hydrogen-bond donors (Lipinski definition) is 1. The number of hydrogen-bond acceptors (Lipinski definition) is 4. The van der Waals surface area contributed by atoms with Gasteiger partial charge in [-0.15, -0.1) is 0 Å². The minimum Gasteiger partial charge on any atom is -0.496 e. The van der Waals surface area contributed by atoms with Crippen LogP contribution >= 0.6 is 0 Å². The Morgan fingerprint density at radius 1 is 1.29 bits per heavy atom. The van der Waals surface area contributed by atoms with E-state index in [1.54, 1.807) is 19.2 Å². The minimum absolute atomic E-state index is 0.106. The summed E-state index contributed by atoms with van der Waals surface area (Å²) >= 11 is 0. The van der Waals surface area contributed by atoms with Crippen molar-refractivity contribution in [2.45, 2.75) is 19.6 Å². The van der Waals surface area contributed by atoms with Crippen LogP contribution in [0.3, 0.4) is 0 Å². The Hall–Kier alpha value is -2.86. The third-order valence-electron chi connectivity index (χ3n) is 4.58. The molecule has 0 saturated heterocycles. The second kappa shape index (κ2) is 5.65. The summed E-state index contributed by atoms with van der Waals surface area (Å²) in [7, 11) is 1.70. The van der Waals surface area contributed by atoms with Gasteiger partial charge in [-0.05, 0) is 23.3 Å². The van der Waals surface area contributed by atoms with E-state index in [-0.39, 0.29) is 10.6 Å². The molecule has 1 aliphatic rings. The van der Waals surface area contributed by atoms with Gasteiger partial charge in [-0.3, -0.25) is 15.0 Å². The molecule has 0 bridgehead atoms. The van der Waals surface area contributed by atoms with Crippen molar-refractivity contribution in [2.24, 2.45) is 0 Å². The lowest BCUT2D eigenvalue weighted by Crippen LogP contribution is -2.15. The molecule has 2 heterocycles. The first kappa shape index (κ1) is 14.7. The number of ether oxygens (including phenoxy) is 1. The largest absolute Gasteiger partial charge is 0.496 e. The molecule has 1 aromatic heterocycles. The van der Waals surface area contributed by atoms with Crippen LogP contribution in [0.5, 0.6) is 5.75 Å². The van der Waals surface area contributed by atoms with Crippen molar-refractivity contribution in [3.05, 3.63) is 69.4 Å². The number of H-pyrrole nitrogens is 1. The van der Waals surface area contributed by atoms with Crippen molar-refractivity contribution in [2.75, 3.05) is 7.11 Å². The van der Waals surface area contributed by atoms with Crippen LogP contribution < -0.4 is 4.74 Å². The van der Waals surface area contributed by atoms with E-state index in [1.165, 1.54) is 11.1 Å². The minimum atomic E-state index is -0.372. The maximum Gasteiger partial charge on any atom is 0.271 e. The number of nitro groups is 1. The maximum absolute atomic E-state index is 10.9. The van der Waals surface area contributed by atoms with Gasteiger partial charge in [0.15, 0.2) is 0 Å². The molecule has 6 heteroatoms. The number of aromatic nitrogens is 1. The quantitative estimate of drug-likeness (QED) is 0.588. The van der Waals surface area contributed by atoms with Crippen LogP contribution in [0, 0.1) is 10.1 Å². The van der Waals surface area contributed by atoms with E-state index in [1.807, 2.05) is 24.4 Å². The first-order valence-corrected chi connectivity index (χ1v) is 7.77. The Morgan fingerprint density at radius 3 is 2.96 bits per heavy atom. The van der Waals surface area contributed by atoms with Crippen molar-refractivity contribution in [3.63, 3.8) is 0 Å². The van der Waals surface area contributed by atoms with Gasteiger partial charge < -0.3 is 9.72 Å². The van der Waals surface area contributed by atoms with Gasteiger partial charge in [-0.1, -0.05) is 12.1 Å². The average molecular weight is 323 g/mol. The summed E-state index contributed by atoms with van der Waals surface area (Å²) in [5.41, 5.74) is 4.59. The summed E-state index contributed by atoms with van der Waals surface area (Å²) in [6, 6.07) is 11.1. The van der Waals surface area contributed by atoms with Crippen LogP contribution in [0.15, 0.2) is 42.6 Å². The van der Waals surface area contributed by atoms with Crippen LogP contribution in [-0.4, -0.2) is 21.9 Å². The van der Waals surface area contributed by atoms with Crippen LogP contribution in [-0.2, 0) is 19.6 Å². The molecule has 1 N–H and O–H groups in total. The Balaban J connectivity index is 1.59. The topological polar surface area (TPSA) is 71.4 Å². The fraction of sp³-hybridized carbons (Fsp3) is 0.222. The number of fused-ring (bicyclic) bond motifs is 2. The molecule has 2 aromatic carbocycles. The van der Waals surface area contributed by atoms with Gasteiger partial charge in [-0.25, -0.2) is 0 Å². The molecular weight excluding hydrogens is 306 g/mol. The Kier molecular flexibility index (Phi) is 3.46. The lowest BCUT2D eigenvalue weighted by molar-refractivity contribution is -0.384. The standard InChI is InChI=1S/C18H17N3O3/c1-24-18-4-2-3-12-9-20(11-16(12)18)10-13-8-19-17-7-14(21(22)23)5-6-15(13)17/h2-8,19H,9-11H2,1H3. The summed E-state index contributed by atoms with van der Waals surface area (Å²) in [5, 5.41) is 11.9. The molecular formula is C18H17N3O3. The predicted molar refractivity (Wildman–Crippen MR) is 90.9 cm³/mol. The molecule has 0 amide bonds. The Labute approximate surface area is 138 Å². The van der Waals surface area contributed by atoms with Crippen molar-refractivity contribution in [1.82, 2.24) is 9.88 Å². The van der Waals surface area contributed by atoms with E-state index in [9.17, 15) is 10.1 Å². The number of nitro benzene ring substituents is 1. The highest BCUT2D eigenvalue weighted by molar-refractivity contribution is 5.85. The molecule has 0 unspecified atom stereocenters. The molecule has 0 radical (unpaired) electrons. The lowest BCUT2D eigenvalue weighted by Gasteiger charge is -2.14. The number of nitrogens with zero attached hydrogens (tertiary/aromatic N) is 2. The zero-order valence-corrected chi connectivity index (χ0v) is 13.3. The number of aromatic amines is 1. The van der Waals surface area contributed by atoms with E-state index >= 15 is 0 Å². The average Bonchev–Trinajstić information content (AvgIpc) is 3.18. The molecule has 0 saturated carbocycles. The smallest absolute Gasteiger partial charge is 0.271 e. The highest BCUT2D eigenvalue weighted by atomic mass is 16.6. The van der Waals surface area contributed by atoms with Crippen molar-refractivity contribution < 1.29 is 9.66 Å². The zero-order chi connectivity index (χ0) is 16.7. The van der Waals surface area contributed by atoms with Crippen molar-refractivity contribution in [1.29, 1.82) is 0 Å². The molecule has 24 heavy (non-hydrogen) atoms. The summed E-state index contributed by atoms with van der Waals surface area (Å²) in [5.74, 6) is 0.935. The van der Waals surface area contributed by atoms with Gasteiger partial charge >= 0.3 is 0 Å². The van der Waals surface area contributed by atoms with Gasteiger partial charge in [-0.2, -0.15) is 0 Å². The molecule has 0 fully saturated rings. The molecule has 0 aliphatic carbocycles. The van der Waals surface area contributed by atoms with Crippen LogP contribution in [0.1, 0.15) is 16.7 Å². The molecule has 6 nitrogen and oxygen atoms in total. The van der Waals surface area contributed by atoms with E-state index in [0.717, 1.165) is 41.9 Å². The van der Waals surface area contributed by atoms with Gasteiger partial charge in [0.05, 0.1) is 17.5 Å². The second-order valence-corrected chi connectivity index (χ2v) is 6.04. The van der Waals surface area contributed by atoms with E-state index in [0.29, 0.717) is 0 Å². The first-order valence-electron chi connectivity index (χ1n) is 7.77. The maximum atomic E-state index is 10.9. The van der Waals surface area contributed by atoms with E-state index in [2.05, 4.69) is 16.0 Å². The van der Waals surface area contributed by atoms with E-state index in [4.69, 9.17) is 4.74 Å². The molecule has 0 spiro atoms. The number of rotatable bonds is 4. The van der Waals surface area contributed by atoms with Crippen LogP contribution in [0.4, 0.5) is 5.69 Å². The second-order valence-electron chi connectivity index (χ2n) is 6.04. The van der Waals surface area contributed by atoms with Crippen molar-refractivity contribution in [3.8, 4) is 5.75 Å². The zero-order valence-electron chi connectivity index (χ0n) is 13.3. The van der Waals surface area contributed by atoms with Gasteiger partial charge in [0.2, 0.25) is 0 Å². The summed E-state index contributed by atoms with van der Waals surface area (Å²) in [6.45, 7) is 2.51. The third-order valence-corrected chi connectivity index (χ3v) is 4.58. The number of non-ortho nitro benzene ring substituents is 1. The lowest BCUT2D eigenvalue weighted by atomic mass is 10.1. The molecule has 0 atom stereocenters. The Morgan fingerprint density at radius 2 is 2.17 bits per heavy atom. The fourth-order valence-electron chi connectivity index (χ4n) is 3.42. The normalized spacial score (nSPS) is 14.0. The highest BCUT2D eigenvalue weighted by Crippen LogP contribution is 2.32. The first-order chi connectivity index (χ1) is 11.7. The monoisotopic (exact) mass is 323 g/mol. The summed E-state index contributed by atoms with van der Waals surface area (Å²) in [6.07, 6.45) is 1.94. The molecule has 4 rings (SSSR count). The number of benzene rings is 2. The van der Waals surface area contributed by atoms with Crippen LogP contribution in [0.25, 0.3) is 10.9 Å². The summed E-state index contributed by atoms with van der Waals surface area (Å²) in [4.78, 5) is 16.0. The van der Waals surface area contributed by atoms with Gasteiger partial charge in [0, 0.05) is 48.9 Å². The number of nitrogens with one attached hydrogen (secondary N) is 1. The molecule has 1 aliphatic heterocycles. The van der Waals surface area contributed by atoms with E-state index < -0.39 is 0 Å². The molecule has 3 aromatic rings. The predicted octanol–water partition coefficient (Wildman–Crippen LogP) is 3.60. The third kappa shape index (κ3) is 2.41. The molecule has 122 valence electrons. The number of methoxy groups -OCH3 is 1. The fourth-order valence-corrected chi connectivity index (χ4v) is 3.42. The SMILES string of the molecule is COc1cccc2c1CN(Cc1c[nH]c3cc([N+](=O)[O-])ccc13)C2. The van der Waals surface area contributed by atoms with Crippen molar-refractivity contribution >= 4 is 16.6 Å². The van der Waals surface area contributed by atoms with Gasteiger partial charge in [0.25, 0.3) is 5.69 Å². The highest BCUT2D eigenvalue weighted by Gasteiger charge is 2.23. The van der Waals surface area contributed by atoms with Gasteiger partial charge in [0.1, 0.15) is 5.75 Å².